The summed E-state index contributed by atoms with van der Waals surface area (Å²) < 4.78 is 0. The van der Waals surface area contributed by atoms with Crippen molar-refractivity contribution < 1.29 is 14.7 Å². The molecule has 0 bridgehead atoms. The van der Waals surface area contributed by atoms with Crippen LogP contribution >= 0.6 is 23.2 Å². The van der Waals surface area contributed by atoms with Crippen molar-refractivity contribution in [1.82, 2.24) is 15.2 Å². The number of hydrogen-bond donors (Lipinski definition) is 3. The van der Waals surface area contributed by atoms with Gasteiger partial charge in [0.25, 0.3) is 0 Å². The molecule has 1 aromatic carbocycles. The third-order valence-corrected chi connectivity index (χ3v) is 8.40. The molecule has 1 atom stereocenters. The maximum absolute atomic E-state index is 12.6. The Kier molecular flexibility index (Phi) is 7.16. The summed E-state index contributed by atoms with van der Waals surface area (Å²) in [7, 11) is 0. The number of aromatic nitrogens is 1. The Morgan fingerprint density at radius 1 is 1.22 bits per heavy atom. The highest BCUT2D eigenvalue weighted by Crippen LogP contribution is 2.63. The number of fused-ring (bicyclic) bond motifs is 1. The monoisotopic (exact) mass is 530 g/mol. The summed E-state index contributed by atoms with van der Waals surface area (Å²) in [6, 6.07) is 8.18. The van der Waals surface area contributed by atoms with Crippen molar-refractivity contribution in [3.63, 3.8) is 0 Å². The minimum atomic E-state index is -0.909. The van der Waals surface area contributed by atoms with Crippen molar-refractivity contribution in [3.05, 3.63) is 56.7 Å². The number of rotatable bonds is 8. The molecule has 1 unspecified atom stereocenters. The quantitative estimate of drug-likeness (QED) is 0.460. The molecule has 192 valence electrons. The summed E-state index contributed by atoms with van der Waals surface area (Å²) in [6.45, 7) is 5.04. The molecular weight excluding hydrogens is 499 g/mol. The van der Waals surface area contributed by atoms with E-state index in [0.29, 0.717) is 10.0 Å². The number of nitrogens with one attached hydrogen (secondary N) is 2. The number of carboxylic acids is 1. The maximum Gasteiger partial charge on any atom is 0.305 e. The number of amides is 1. The van der Waals surface area contributed by atoms with Gasteiger partial charge in [0.15, 0.2) is 0 Å². The molecule has 3 heterocycles. The van der Waals surface area contributed by atoms with E-state index in [1.54, 1.807) is 6.07 Å². The number of pyridine rings is 1. The summed E-state index contributed by atoms with van der Waals surface area (Å²) in [5, 5.41) is 16.2. The maximum atomic E-state index is 12.6. The Hall–Kier alpha value is -2.35. The van der Waals surface area contributed by atoms with E-state index < -0.39 is 5.97 Å². The van der Waals surface area contributed by atoms with Crippen LogP contribution < -0.4 is 10.6 Å². The lowest BCUT2D eigenvalue weighted by molar-refractivity contribution is -0.168. The van der Waals surface area contributed by atoms with Crippen LogP contribution in [-0.2, 0) is 22.4 Å². The highest BCUT2D eigenvalue weighted by atomic mass is 35.5. The molecule has 2 aromatic rings. The zero-order valence-corrected chi connectivity index (χ0v) is 22.0. The summed E-state index contributed by atoms with van der Waals surface area (Å²) in [4.78, 5) is 30.6. The molecule has 3 N–H and O–H groups in total. The van der Waals surface area contributed by atoms with E-state index in [1.165, 1.54) is 11.1 Å². The smallest absolute Gasteiger partial charge is 0.305 e. The Labute approximate surface area is 221 Å². The highest BCUT2D eigenvalue weighted by molar-refractivity contribution is 6.34. The highest BCUT2D eigenvalue weighted by Gasteiger charge is 2.60. The lowest BCUT2D eigenvalue weighted by Crippen LogP contribution is -2.65. The molecule has 1 aromatic heterocycles. The fourth-order valence-corrected chi connectivity index (χ4v) is 6.84. The van der Waals surface area contributed by atoms with Gasteiger partial charge in [-0.2, -0.15) is 0 Å². The molecule has 36 heavy (non-hydrogen) atoms. The first-order chi connectivity index (χ1) is 17.2. The van der Waals surface area contributed by atoms with Gasteiger partial charge in [0, 0.05) is 59.3 Å². The van der Waals surface area contributed by atoms with E-state index in [2.05, 4.69) is 28.5 Å². The summed E-state index contributed by atoms with van der Waals surface area (Å²) in [6.07, 6.45) is 4.61. The Morgan fingerprint density at radius 3 is 2.69 bits per heavy atom. The minimum absolute atomic E-state index is 0.00980. The number of benzene rings is 1. The van der Waals surface area contributed by atoms with Crippen molar-refractivity contribution in [2.45, 2.75) is 51.5 Å². The van der Waals surface area contributed by atoms with E-state index in [4.69, 9.17) is 33.3 Å². The van der Waals surface area contributed by atoms with Crippen molar-refractivity contribution >= 4 is 40.9 Å². The van der Waals surface area contributed by atoms with Gasteiger partial charge in [0.2, 0.25) is 5.91 Å². The molecule has 2 fully saturated rings. The number of carboxylic acid groups (broad SMARTS) is 1. The fourth-order valence-electron chi connectivity index (χ4n) is 6.30. The van der Waals surface area contributed by atoms with Crippen LogP contribution in [-0.4, -0.2) is 53.0 Å². The molecule has 1 saturated carbocycles. The zero-order valence-electron chi connectivity index (χ0n) is 20.4. The number of likely N-dealkylation sites (tertiary alicyclic amines) is 1. The van der Waals surface area contributed by atoms with Crippen LogP contribution in [0.2, 0.25) is 10.0 Å². The predicted octanol–water partition coefficient (Wildman–Crippen LogP) is 4.64. The number of carbonyl (C=O) groups excluding carboxylic acids is 1. The first-order valence-corrected chi connectivity index (χ1v) is 13.4. The first-order valence-electron chi connectivity index (χ1n) is 12.7. The summed E-state index contributed by atoms with van der Waals surface area (Å²) >= 11 is 12.7. The van der Waals surface area contributed by atoms with Gasteiger partial charge in [-0.25, -0.2) is 4.98 Å². The van der Waals surface area contributed by atoms with Crippen LogP contribution in [0, 0.1) is 18.3 Å². The number of anilines is 1. The first kappa shape index (κ1) is 25.3. The number of carbonyl (C=O) groups is 2. The van der Waals surface area contributed by atoms with Crippen molar-refractivity contribution in [2.75, 3.05) is 31.5 Å². The van der Waals surface area contributed by atoms with Crippen LogP contribution in [0.5, 0.6) is 0 Å². The lowest BCUT2D eigenvalue weighted by Gasteiger charge is -2.65. The number of nitrogens with zero attached hydrogens (tertiary/aromatic N) is 2. The second-order valence-corrected chi connectivity index (χ2v) is 11.4. The van der Waals surface area contributed by atoms with Crippen LogP contribution in [0.3, 0.4) is 0 Å². The molecule has 7 nitrogen and oxygen atoms in total. The van der Waals surface area contributed by atoms with Gasteiger partial charge >= 0.3 is 5.97 Å². The number of halogens is 2. The normalized spacial score (nSPS) is 24.9. The van der Waals surface area contributed by atoms with Gasteiger partial charge in [-0.15, -0.1) is 0 Å². The molecule has 3 aliphatic rings. The van der Waals surface area contributed by atoms with Crippen LogP contribution in [0.25, 0.3) is 0 Å². The fraction of sp³-hybridized carbons (Fsp3) is 0.519. The topological polar surface area (TPSA) is 94.6 Å². The van der Waals surface area contributed by atoms with Gasteiger partial charge < -0.3 is 15.7 Å². The molecule has 1 aliphatic carbocycles. The van der Waals surface area contributed by atoms with Gasteiger partial charge in [0.05, 0.1) is 6.42 Å². The van der Waals surface area contributed by atoms with Crippen LogP contribution in [0.1, 0.15) is 54.1 Å². The predicted molar refractivity (Wildman–Crippen MR) is 141 cm³/mol. The van der Waals surface area contributed by atoms with Gasteiger partial charge in [0.1, 0.15) is 5.82 Å². The van der Waals surface area contributed by atoms with E-state index in [0.717, 1.165) is 68.8 Å². The molecule has 5 rings (SSSR count). The second-order valence-electron chi connectivity index (χ2n) is 10.5. The molecule has 2 aliphatic heterocycles. The molecule has 1 spiro atoms. The minimum Gasteiger partial charge on any atom is -0.481 e. The zero-order chi connectivity index (χ0) is 25.4. The molecular formula is C27H32Cl2N4O3. The van der Waals surface area contributed by atoms with Crippen LogP contribution in [0.4, 0.5) is 5.82 Å². The summed E-state index contributed by atoms with van der Waals surface area (Å²) in [5.74, 6) is -0.0159. The average molecular weight is 531 g/mol. The largest absolute Gasteiger partial charge is 0.481 e. The molecule has 0 radical (unpaired) electrons. The van der Waals surface area contributed by atoms with Crippen molar-refractivity contribution in [2.24, 2.45) is 11.3 Å². The Bertz CT molecular complexity index is 1160. The standard InChI is InChI=1S/C27H32Cl2N4O3/c1-16-17(9-18-3-2-6-30-25(18)32-16)5-8-33-15-27(24(33)19-10-21(28)12-22(29)11-19)13-20(14-27)26(36)31-7-4-23(34)35/h9-12,20,24H,2-8,13-15H2,1H3,(H,30,32)(H,31,36)(H,34,35). The van der Waals surface area contributed by atoms with Gasteiger partial charge in [-0.3, -0.25) is 14.5 Å². The molecule has 1 saturated heterocycles. The number of aliphatic carboxylic acids is 1. The van der Waals surface area contributed by atoms with E-state index in [1.807, 2.05) is 12.1 Å². The average Bonchev–Trinajstić information content (AvgIpc) is 2.76. The van der Waals surface area contributed by atoms with Gasteiger partial charge in [-0.1, -0.05) is 29.3 Å². The van der Waals surface area contributed by atoms with E-state index >= 15 is 0 Å². The SMILES string of the molecule is Cc1nc2c(cc1CCN1CC3(CC(C(=O)NCCC(=O)O)C3)C1c1cc(Cl)cc(Cl)c1)CCCN2. The molecule has 1 amide bonds. The van der Waals surface area contributed by atoms with E-state index in [9.17, 15) is 9.59 Å². The van der Waals surface area contributed by atoms with E-state index in [-0.39, 0.29) is 36.2 Å². The second kappa shape index (κ2) is 10.2. The molecule has 9 heteroatoms. The Morgan fingerprint density at radius 2 is 1.97 bits per heavy atom. The third kappa shape index (κ3) is 5.06. The lowest BCUT2D eigenvalue weighted by atomic mass is 9.52. The summed E-state index contributed by atoms with van der Waals surface area (Å²) in [5.41, 5.74) is 4.76. The number of hydrogen-bond acceptors (Lipinski definition) is 5. The van der Waals surface area contributed by atoms with Gasteiger partial charge in [-0.05, 0) is 73.9 Å². The Balaban J connectivity index is 1.29. The van der Waals surface area contributed by atoms with Crippen molar-refractivity contribution in [1.29, 1.82) is 0 Å². The number of aryl methyl sites for hydroxylation is 2. The van der Waals surface area contributed by atoms with Crippen molar-refractivity contribution in [3.8, 4) is 0 Å². The van der Waals surface area contributed by atoms with Crippen LogP contribution in [0.15, 0.2) is 24.3 Å². The third-order valence-electron chi connectivity index (χ3n) is 7.96.